The Bertz CT molecular complexity index is 1280. The lowest BCUT2D eigenvalue weighted by molar-refractivity contribution is -0.113. The van der Waals surface area contributed by atoms with Crippen LogP contribution in [0.4, 0.5) is 9.52 Å². The van der Waals surface area contributed by atoms with Crippen molar-refractivity contribution in [3.05, 3.63) is 47.2 Å². The predicted molar refractivity (Wildman–Crippen MR) is 105 cm³/mol. The average Bonchev–Trinajstić information content (AvgIpc) is 3.16. The molecule has 1 amide bonds. The fraction of sp³-hybridized carbons (Fsp3) is 0.118. The molecular weight excluding hydrogens is 409 g/mol. The molecule has 10 heteroatoms. The van der Waals surface area contributed by atoms with Crippen LogP contribution in [0.25, 0.3) is 20.4 Å². The van der Waals surface area contributed by atoms with E-state index in [4.69, 9.17) is 0 Å². The number of rotatable bonds is 4. The average molecular weight is 422 g/mol. The lowest BCUT2D eigenvalue weighted by Gasteiger charge is -2.04. The molecule has 1 N–H and O–H groups in total. The first-order valence-electron chi connectivity index (χ1n) is 7.77. The van der Waals surface area contributed by atoms with Crippen LogP contribution >= 0.6 is 22.7 Å². The number of carbonyl (C=O) groups excluding carboxylic acids is 1. The number of carbonyl (C=O) groups is 1. The molecule has 0 bridgehead atoms. The minimum absolute atomic E-state index is 0.106. The standard InChI is InChI=1S/C17H12FN3O3S3/c1-9-19-12-6-7-13-16(15(12)25-9)26-17(20-13)21-14(22)8-27(23,24)11-4-2-10(18)3-5-11/h2-7H,8H2,1H3,(H,20,21,22). The molecule has 138 valence electrons. The molecule has 4 aromatic rings. The number of fused-ring (bicyclic) bond motifs is 3. The number of thiazole rings is 2. The van der Waals surface area contributed by atoms with Crippen molar-refractivity contribution in [3.63, 3.8) is 0 Å². The van der Waals surface area contributed by atoms with Gasteiger partial charge in [-0.1, -0.05) is 11.3 Å². The zero-order valence-electron chi connectivity index (χ0n) is 13.9. The summed E-state index contributed by atoms with van der Waals surface area (Å²) in [5.74, 6) is -1.99. The van der Waals surface area contributed by atoms with Crippen LogP contribution in [0.5, 0.6) is 0 Å². The number of nitrogens with zero attached hydrogens (tertiary/aromatic N) is 2. The molecule has 27 heavy (non-hydrogen) atoms. The smallest absolute Gasteiger partial charge is 0.241 e. The van der Waals surface area contributed by atoms with Crippen LogP contribution in [0.2, 0.25) is 0 Å². The maximum atomic E-state index is 13.0. The zero-order chi connectivity index (χ0) is 19.2. The topological polar surface area (TPSA) is 89.0 Å². The van der Waals surface area contributed by atoms with E-state index in [2.05, 4.69) is 15.3 Å². The Morgan fingerprint density at radius 2 is 1.67 bits per heavy atom. The summed E-state index contributed by atoms with van der Waals surface area (Å²) in [5.41, 5.74) is 1.58. The van der Waals surface area contributed by atoms with Crippen LogP contribution < -0.4 is 5.32 Å². The molecule has 0 unspecified atom stereocenters. The van der Waals surface area contributed by atoms with Gasteiger partial charge in [-0.05, 0) is 43.3 Å². The van der Waals surface area contributed by atoms with E-state index in [-0.39, 0.29) is 4.90 Å². The molecule has 2 aromatic carbocycles. The van der Waals surface area contributed by atoms with E-state index in [1.54, 1.807) is 11.3 Å². The van der Waals surface area contributed by atoms with E-state index in [0.717, 1.165) is 44.2 Å². The van der Waals surface area contributed by atoms with Crippen molar-refractivity contribution < 1.29 is 17.6 Å². The van der Waals surface area contributed by atoms with Gasteiger partial charge < -0.3 is 5.32 Å². The third-order valence-electron chi connectivity index (χ3n) is 3.76. The van der Waals surface area contributed by atoms with Gasteiger partial charge in [0.15, 0.2) is 15.0 Å². The number of benzene rings is 2. The number of halogens is 1. The summed E-state index contributed by atoms with van der Waals surface area (Å²) in [6.07, 6.45) is 0. The van der Waals surface area contributed by atoms with Crippen LogP contribution in [0.15, 0.2) is 41.3 Å². The number of nitrogens with one attached hydrogen (secondary N) is 1. The molecule has 0 saturated carbocycles. The lowest BCUT2D eigenvalue weighted by Crippen LogP contribution is -2.22. The van der Waals surface area contributed by atoms with Gasteiger partial charge in [0.05, 0.1) is 30.3 Å². The van der Waals surface area contributed by atoms with Gasteiger partial charge in [-0.3, -0.25) is 4.79 Å². The summed E-state index contributed by atoms with van der Waals surface area (Å²) in [7, 11) is -3.87. The number of aromatic nitrogens is 2. The van der Waals surface area contributed by atoms with Gasteiger partial charge in [-0.2, -0.15) is 0 Å². The monoisotopic (exact) mass is 421 g/mol. The number of hydrogen-bond acceptors (Lipinski definition) is 7. The summed E-state index contributed by atoms with van der Waals surface area (Å²) in [6, 6.07) is 8.04. The first-order valence-corrected chi connectivity index (χ1v) is 11.1. The molecule has 0 aliphatic heterocycles. The van der Waals surface area contributed by atoms with E-state index in [9.17, 15) is 17.6 Å². The normalized spacial score (nSPS) is 11.9. The molecule has 0 aliphatic carbocycles. The summed E-state index contributed by atoms with van der Waals surface area (Å²) < 4.78 is 39.4. The summed E-state index contributed by atoms with van der Waals surface area (Å²) in [5, 5.41) is 3.79. The van der Waals surface area contributed by atoms with Crippen LogP contribution in [0.3, 0.4) is 0 Å². The zero-order valence-corrected chi connectivity index (χ0v) is 16.3. The van der Waals surface area contributed by atoms with Crippen molar-refractivity contribution in [2.75, 3.05) is 11.1 Å². The lowest BCUT2D eigenvalue weighted by atomic mass is 10.3. The van der Waals surface area contributed by atoms with Crippen LogP contribution in [0, 0.1) is 12.7 Å². The van der Waals surface area contributed by atoms with Gasteiger partial charge in [0.2, 0.25) is 5.91 Å². The molecule has 0 radical (unpaired) electrons. The van der Waals surface area contributed by atoms with Gasteiger partial charge in [-0.15, -0.1) is 11.3 Å². The number of hydrogen-bond donors (Lipinski definition) is 1. The largest absolute Gasteiger partial charge is 0.301 e. The minimum Gasteiger partial charge on any atom is -0.301 e. The molecule has 2 aromatic heterocycles. The summed E-state index contributed by atoms with van der Waals surface area (Å²) >= 11 is 2.82. The van der Waals surface area contributed by atoms with E-state index < -0.39 is 27.3 Å². The molecule has 0 atom stereocenters. The maximum Gasteiger partial charge on any atom is 0.241 e. The summed E-state index contributed by atoms with van der Waals surface area (Å²) in [4.78, 5) is 20.9. The molecule has 0 aliphatic rings. The second-order valence-electron chi connectivity index (χ2n) is 5.78. The third kappa shape index (κ3) is 3.55. The highest BCUT2D eigenvalue weighted by molar-refractivity contribution is 7.92. The van der Waals surface area contributed by atoms with Crippen molar-refractivity contribution in [1.29, 1.82) is 0 Å². The fourth-order valence-corrected chi connectivity index (χ4v) is 5.75. The number of aryl methyl sites for hydroxylation is 1. The second-order valence-corrected chi connectivity index (χ2v) is 9.97. The third-order valence-corrected chi connectivity index (χ3v) is 7.53. The second kappa shape index (κ2) is 6.63. The van der Waals surface area contributed by atoms with E-state index in [0.29, 0.717) is 10.6 Å². The van der Waals surface area contributed by atoms with E-state index in [1.807, 2.05) is 19.1 Å². The fourth-order valence-electron chi connectivity index (χ4n) is 2.59. The predicted octanol–water partition coefficient (Wildman–Crippen LogP) is 3.77. The molecule has 0 fully saturated rings. The van der Waals surface area contributed by atoms with Gasteiger partial charge in [0.25, 0.3) is 0 Å². The van der Waals surface area contributed by atoms with Gasteiger partial charge in [0, 0.05) is 0 Å². The first-order chi connectivity index (χ1) is 12.8. The highest BCUT2D eigenvalue weighted by Crippen LogP contribution is 2.35. The van der Waals surface area contributed by atoms with Crippen molar-refractivity contribution in [3.8, 4) is 0 Å². The molecule has 0 spiro atoms. The Hall–Kier alpha value is -2.43. The molecular formula is C17H12FN3O3S3. The number of anilines is 1. The van der Waals surface area contributed by atoms with Gasteiger partial charge in [0.1, 0.15) is 11.6 Å². The number of amides is 1. The molecule has 0 saturated heterocycles. The first kappa shape index (κ1) is 18.0. The van der Waals surface area contributed by atoms with Crippen molar-refractivity contribution in [2.45, 2.75) is 11.8 Å². The SMILES string of the molecule is Cc1nc2ccc3nc(NC(=O)CS(=O)(=O)c4ccc(F)cc4)sc3c2s1. The Kier molecular flexibility index (Phi) is 4.41. The maximum absolute atomic E-state index is 13.0. The van der Waals surface area contributed by atoms with Crippen molar-refractivity contribution >= 4 is 64.0 Å². The van der Waals surface area contributed by atoms with Gasteiger partial charge in [-0.25, -0.2) is 22.8 Å². The van der Waals surface area contributed by atoms with E-state index >= 15 is 0 Å². The van der Waals surface area contributed by atoms with Crippen molar-refractivity contribution in [1.82, 2.24) is 9.97 Å². The molecule has 4 rings (SSSR count). The minimum atomic E-state index is -3.87. The molecule has 6 nitrogen and oxygen atoms in total. The van der Waals surface area contributed by atoms with E-state index in [1.165, 1.54) is 11.3 Å². The highest BCUT2D eigenvalue weighted by atomic mass is 32.2. The highest BCUT2D eigenvalue weighted by Gasteiger charge is 2.21. The Balaban J connectivity index is 1.57. The Morgan fingerprint density at radius 3 is 2.37 bits per heavy atom. The summed E-state index contributed by atoms with van der Waals surface area (Å²) in [6.45, 7) is 1.92. The Morgan fingerprint density at radius 1 is 1.04 bits per heavy atom. The number of sulfone groups is 1. The quantitative estimate of drug-likeness (QED) is 0.507. The Labute approximate surface area is 161 Å². The van der Waals surface area contributed by atoms with Crippen molar-refractivity contribution in [2.24, 2.45) is 0 Å². The van der Waals surface area contributed by atoms with Crippen LogP contribution in [-0.4, -0.2) is 30.0 Å². The van der Waals surface area contributed by atoms with Gasteiger partial charge >= 0.3 is 0 Å². The molecule has 2 heterocycles. The van der Waals surface area contributed by atoms with Crippen LogP contribution in [0.1, 0.15) is 5.01 Å². The van der Waals surface area contributed by atoms with Crippen LogP contribution in [-0.2, 0) is 14.6 Å².